The summed E-state index contributed by atoms with van der Waals surface area (Å²) in [7, 11) is 0. The van der Waals surface area contributed by atoms with E-state index in [0.717, 1.165) is 19.3 Å². The number of carbonyl (C=O) groups excluding carboxylic acids is 1. The minimum atomic E-state index is -0.367. The van der Waals surface area contributed by atoms with Crippen molar-refractivity contribution in [2.45, 2.75) is 65.4 Å². The van der Waals surface area contributed by atoms with Gasteiger partial charge in [-0.2, -0.15) is 0 Å². The SMILES string of the molecule is C=CCCCCC[C@@H](C)C(=O)OC(C)(C)C. The first kappa shape index (κ1) is 15.2. The minimum Gasteiger partial charge on any atom is -0.460 e. The van der Waals surface area contributed by atoms with Crippen LogP contribution in [0, 0.1) is 5.92 Å². The molecule has 0 heterocycles. The molecule has 0 saturated heterocycles. The Kier molecular flexibility index (Phi) is 7.11. The molecular formula is C14H26O2. The largest absolute Gasteiger partial charge is 0.460 e. The van der Waals surface area contributed by atoms with Gasteiger partial charge in [0.1, 0.15) is 5.60 Å². The minimum absolute atomic E-state index is 0.0166. The smallest absolute Gasteiger partial charge is 0.309 e. The molecule has 0 aromatic carbocycles. The normalized spacial score (nSPS) is 13.2. The molecule has 0 fully saturated rings. The highest BCUT2D eigenvalue weighted by molar-refractivity contribution is 5.72. The summed E-state index contributed by atoms with van der Waals surface area (Å²) in [5.74, 6) is -0.0563. The first-order valence-corrected chi connectivity index (χ1v) is 6.20. The molecule has 2 heteroatoms. The Bertz CT molecular complexity index is 213. The van der Waals surface area contributed by atoms with Crippen molar-refractivity contribution in [1.29, 1.82) is 0 Å². The number of ether oxygens (including phenoxy) is 1. The fourth-order valence-corrected chi connectivity index (χ4v) is 1.44. The zero-order chi connectivity index (χ0) is 12.6. The second kappa shape index (κ2) is 7.48. The average molecular weight is 226 g/mol. The van der Waals surface area contributed by atoms with Crippen LogP contribution in [0.5, 0.6) is 0 Å². The topological polar surface area (TPSA) is 26.3 Å². The lowest BCUT2D eigenvalue weighted by Gasteiger charge is -2.22. The zero-order valence-corrected chi connectivity index (χ0v) is 11.2. The van der Waals surface area contributed by atoms with Gasteiger partial charge in [0.2, 0.25) is 0 Å². The highest BCUT2D eigenvalue weighted by atomic mass is 16.6. The van der Waals surface area contributed by atoms with Crippen molar-refractivity contribution >= 4 is 5.97 Å². The molecule has 94 valence electrons. The van der Waals surface area contributed by atoms with Gasteiger partial charge in [-0.1, -0.05) is 25.8 Å². The van der Waals surface area contributed by atoms with E-state index in [2.05, 4.69) is 6.58 Å². The molecular weight excluding hydrogens is 200 g/mol. The molecule has 0 aliphatic carbocycles. The molecule has 0 aromatic heterocycles. The van der Waals surface area contributed by atoms with Crippen molar-refractivity contribution in [3.05, 3.63) is 12.7 Å². The third-order valence-corrected chi connectivity index (χ3v) is 2.35. The van der Waals surface area contributed by atoms with E-state index in [1.807, 2.05) is 33.8 Å². The first-order valence-electron chi connectivity index (χ1n) is 6.20. The van der Waals surface area contributed by atoms with E-state index in [-0.39, 0.29) is 17.5 Å². The molecule has 0 aliphatic rings. The van der Waals surface area contributed by atoms with Crippen molar-refractivity contribution < 1.29 is 9.53 Å². The number of esters is 1. The van der Waals surface area contributed by atoms with Gasteiger partial charge in [-0.25, -0.2) is 0 Å². The Morgan fingerprint density at radius 3 is 2.44 bits per heavy atom. The third kappa shape index (κ3) is 8.51. The summed E-state index contributed by atoms with van der Waals surface area (Å²) in [6.07, 6.45) is 7.36. The molecule has 0 unspecified atom stereocenters. The number of allylic oxidation sites excluding steroid dienone is 1. The van der Waals surface area contributed by atoms with Gasteiger partial charge in [0.15, 0.2) is 0 Å². The average Bonchev–Trinajstić information content (AvgIpc) is 2.14. The van der Waals surface area contributed by atoms with Gasteiger partial charge in [-0.05, 0) is 40.0 Å². The monoisotopic (exact) mass is 226 g/mol. The molecule has 0 N–H and O–H groups in total. The number of hydrogen-bond donors (Lipinski definition) is 0. The maximum absolute atomic E-state index is 11.6. The number of hydrogen-bond acceptors (Lipinski definition) is 2. The summed E-state index contributed by atoms with van der Waals surface area (Å²) in [6, 6.07) is 0. The third-order valence-electron chi connectivity index (χ3n) is 2.35. The van der Waals surface area contributed by atoms with Crippen LogP contribution in [0.1, 0.15) is 59.8 Å². The van der Waals surface area contributed by atoms with Crippen molar-refractivity contribution in [2.24, 2.45) is 5.92 Å². The predicted molar refractivity (Wildman–Crippen MR) is 68.3 cm³/mol. The van der Waals surface area contributed by atoms with E-state index < -0.39 is 0 Å². The van der Waals surface area contributed by atoms with E-state index in [1.165, 1.54) is 12.8 Å². The Morgan fingerprint density at radius 2 is 1.94 bits per heavy atom. The van der Waals surface area contributed by atoms with Crippen LogP contribution in [0.3, 0.4) is 0 Å². The molecule has 0 radical (unpaired) electrons. The van der Waals surface area contributed by atoms with Gasteiger partial charge in [0.05, 0.1) is 5.92 Å². The van der Waals surface area contributed by atoms with Gasteiger partial charge in [-0.3, -0.25) is 4.79 Å². The summed E-state index contributed by atoms with van der Waals surface area (Å²) in [6.45, 7) is 11.3. The highest BCUT2D eigenvalue weighted by Crippen LogP contribution is 2.16. The Hall–Kier alpha value is -0.790. The van der Waals surface area contributed by atoms with Crippen LogP contribution in [0.4, 0.5) is 0 Å². The number of carbonyl (C=O) groups is 1. The molecule has 0 bridgehead atoms. The van der Waals surface area contributed by atoms with E-state index in [0.29, 0.717) is 0 Å². The van der Waals surface area contributed by atoms with Crippen LogP contribution >= 0.6 is 0 Å². The number of rotatable bonds is 7. The van der Waals surface area contributed by atoms with Gasteiger partial charge >= 0.3 is 5.97 Å². The lowest BCUT2D eigenvalue weighted by Crippen LogP contribution is -2.27. The van der Waals surface area contributed by atoms with Gasteiger partial charge in [0, 0.05) is 0 Å². The lowest BCUT2D eigenvalue weighted by molar-refractivity contribution is -0.159. The Morgan fingerprint density at radius 1 is 1.31 bits per heavy atom. The molecule has 0 amide bonds. The predicted octanol–water partition coefficient (Wildman–Crippen LogP) is 4.10. The summed E-state index contributed by atoms with van der Waals surface area (Å²) in [5.41, 5.74) is -0.367. The lowest BCUT2D eigenvalue weighted by atomic mass is 10.0. The Balaban J connectivity index is 3.67. The summed E-state index contributed by atoms with van der Waals surface area (Å²) >= 11 is 0. The highest BCUT2D eigenvalue weighted by Gasteiger charge is 2.20. The fraction of sp³-hybridized carbons (Fsp3) is 0.786. The van der Waals surface area contributed by atoms with E-state index in [1.54, 1.807) is 0 Å². The standard InChI is InChI=1S/C14H26O2/c1-6-7-8-9-10-11-12(2)13(15)16-14(3,4)5/h6,12H,1,7-11H2,2-5H3/t12-/m1/s1. The second-order valence-corrected chi connectivity index (χ2v) is 5.36. The maximum Gasteiger partial charge on any atom is 0.309 e. The van der Waals surface area contributed by atoms with Crippen LogP contribution < -0.4 is 0 Å². The van der Waals surface area contributed by atoms with Crippen LogP contribution in [-0.4, -0.2) is 11.6 Å². The van der Waals surface area contributed by atoms with Crippen molar-refractivity contribution in [3.8, 4) is 0 Å². The molecule has 0 aliphatic heterocycles. The number of unbranched alkanes of at least 4 members (excludes halogenated alkanes) is 3. The molecule has 0 rings (SSSR count). The van der Waals surface area contributed by atoms with Crippen LogP contribution in [0.2, 0.25) is 0 Å². The van der Waals surface area contributed by atoms with E-state index in [4.69, 9.17) is 4.74 Å². The van der Waals surface area contributed by atoms with E-state index in [9.17, 15) is 4.79 Å². The second-order valence-electron chi connectivity index (χ2n) is 5.36. The molecule has 0 aromatic rings. The van der Waals surface area contributed by atoms with Gasteiger partial charge < -0.3 is 4.74 Å². The van der Waals surface area contributed by atoms with Crippen LogP contribution in [0.25, 0.3) is 0 Å². The van der Waals surface area contributed by atoms with Crippen LogP contribution in [0.15, 0.2) is 12.7 Å². The maximum atomic E-state index is 11.6. The summed E-state index contributed by atoms with van der Waals surface area (Å²) in [4.78, 5) is 11.6. The molecule has 0 saturated carbocycles. The van der Waals surface area contributed by atoms with Crippen LogP contribution in [-0.2, 0) is 9.53 Å². The van der Waals surface area contributed by atoms with Gasteiger partial charge in [-0.15, -0.1) is 6.58 Å². The van der Waals surface area contributed by atoms with Crippen molar-refractivity contribution in [3.63, 3.8) is 0 Å². The molecule has 16 heavy (non-hydrogen) atoms. The van der Waals surface area contributed by atoms with Gasteiger partial charge in [0.25, 0.3) is 0 Å². The van der Waals surface area contributed by atoms with E-state index >= 15 is 0 Å². The molecule has 2 nitrogen and oxygen atoms in total. The quantitative estimate of drug-likeness (QED) is 0.371. The van der Waals surface area contributed by atoms with Crippen molar-refractivity contribution in [2.75, 3.05) is 0 Å². The summed E-state index contributed by atoms with van der Waals surface area (Å²) in [5, 5.41) is 0. The first-order chi connectivity index (χ1) is 7.37. The zero-order valence-electron chi connectivity index (χ0n) is 11.2. The fourth-order valence-electron chi connectivity index (χ4n) is 1.44. The van der Waals surface area contributed by atoms with Crippen molar-refractivity contribution in [1.82, 2.24) is 0 Å². The molecule has 0 spiro atoms. The summed E-state index contributed by atoms with van der Waals surface area (Å²) < 4.78 is 5.32. The Labute approximate surface area is 100 Å². The molecule has 1 atom stereocenters.